The van der Waals surface area contributed by atoms with Gasteiger partial charge in [-0.1, -0.05) is 13.5 Å². The standard InChI is InChI=1S/C33H43F2N9O3/c1-4-33(45)39-24-15-25(38-31(36)17-32(40-37)44-26(8-11-47-44)20-12-21(34)14-22(35)13-20)30(46-3)16-27(24)42-9-6-23(7-10-42)43-19-28-29(43)18-41(28)5-2/h4,12-17,23,26,28-29,40H,1,5-11,18-19,37H2,2-3H3,(H2,36,38)(H,39,45)/b32-17+/t26-,28-,29?/m1/s1. The Morgan fingerprint density at radius 1 is 1.13 bits per heavy atom. The quantitative estimate of drug-likeness (QED) is 0.0944. The van der Waals surface area contributed by atoms with E-state index < -0.39 is 17.7 Å². The van der Waals surface area contributed by atoms with Crippen molar-refractivity contribution in [2.24, 2.45) is 16.6 Å². The van der Waals surface area contributed by atoms with Gasteiger partial charge in [0.25, 0.3) is 0 Å². The number of amides is 1. The maximum absolute atomic E-state index is 14.0. The predicted octanol–water partition coefficient (Wildman–Crippen LogP) is 3.13. The number of hydrogen-bond donors (Lipinski definition) is 4. The van der Waals surface area contributed by atoms with Crippen molar-refractivity contribution in [2.45, 2.75) is 50.4 Å². The number of aliphatic imine (C=N–C) groups is 1. The molecule has 0 radical (unpaired) electrons. The van der Waals surface area contributed by atoms with E-state index in [9.17, 15) is 13.6 Å². The summed E-state index contributed by atoms with van der Waals surface area (Å²) in [6.45, 7) is 11.2. The van der Waals surface area contributed by atoms with Gasteiger partial charge in [0.2, 0.25) is 5.91 Å². The molecule has 47 heavy (non-hydrogen) atoms. The van der Waals surface area contributed by atoms with Crippen LogP contribution in [0.2, 0.25) is 0 Å². The van der Waals surface area contributed by atoms with Crippen molar-refractivity contribution in [3.63, 3.8) is 0 Å². The third-order valence-corrected chi connectivity index (χ3v) is 9.67. The Balaban J connectivity index is 1.22. The average molecular weight is 652 g/mol. The number of carbonyl (C=O) groups is 1. The number of piperidine rings is 1. The summed E-state index contributed by atoms with van der Waals surface area (Å²) < 4.78 is 33.7. The van der Waals surface area contributed by atoms with Crippen LogP contribution in [0, 0.1) is 11.6 Å². The molecule has 0 saturated carbocycles. The molecule has 252 valence electrons. The van der Waals surface area contributed by atoms with Gasteiger partial charge in [0, 0.05) is 68.9 Å². The first-order chi connectivity index (χ1) is 22.7. The van der Waals surface area contributed by atoms with E-state index in [1.54, 1.807) is 13.2 Å². The van der Waals surface area contributed by atoms with Crippen molar-refractivity contribution < 1.29 is 23.1 Å². The average Bonchev–Trinajstić information content (AvgIpc) is 3.54. The number of rotatable bonds is 11. The molecule has 1 amide bonds. The number of piperazine rings is 1. The van der Waals surface area contributed by atoms with Crippen LogP contribution in [0.3, 0.4) is 0 Å². The van der Waals surface area contributed by atoms with Crippen LogP contribution in [0.4, 0.5) is 25.8 Å². The number of hydrogen-bond acceptors (Lipinski definition) is 10. The lowest BCUT2D eigenvalue weighted by molar-refractivity contribution is -0.143. The molecule has 4 aliphatic heterocycles. The lowest BCUT2D eigenvalue weighted by Crippen LogP contribution is -2.80. The van der Waals surface area contributed by atoms with Gasteiger partial charge in [-0.15, -0.1) is 0 Å². The molecule has 3 atom stereocenters. The molecule has 0 aliphatic carbocycles. The fraction of sp³-hybridized carbons (Fsp3) is 0.455. The topological polar surface area (TPSA) is 137 Å². The van der Waals surface area contributed by atoms with Gasteiger partial charge in [0.15, 0.2) is 0 Å². The van der Waals surface area contributed by atoms with Gasteiger partial charge >= 0.3 is 0 Å². The van der Waals surface area contributed by atoms with Crippen LogP contribution in [0.1, 0.15) is 37.8 Å². The fourth-order valence-electron chi connectivity index (χ4n) is 7.21. The highest BCUT2D eigenvalue weighted by molar-refractivity contribution is 6.02. The van der Waals surface area contributed by atoms with Crippen molar-refractivity contribution in [3.05, 3.63) is 72.1 Å². The number of halogens is 2. The summed E-state index contributed by atoms with van der Waals surface area (Å²) in [4.78, 5) is 30.3. The van der Waals surface area contributed by atoms with Gasteiger partial charge < -0.3 is 26.1 Å². The van der Waals surface area contributed by atoms with Crippen molar-refractivity contribution in [1.82, 2.24) is 20.3 Å². The Hall–Kier alpha value is -4.24. The monoisotopic (exact) mass is 651 g/mol. The zero-order valence-corrected chi connectivity index (χ0v) is 26.8. The highest BCUT2D eigenvalue weighted by Crippen LogP contribution is 2.42. The van der Waals surface area contributed by atoms with Gasteiger partial charge in [-0.2, -0.15) is 0 Å². The van der Waals surface area contributed by atoms with Crippen LogP contribution in [-0.4, -0.2) is 91.2 Å². The first-order valence-corrected chi connectivity index (χ1v) is 16.0. The zero-order valence-electron chi connectivity index (χ0n) is 26.8. The number of fused-ring (bicyclic) bond motifs is 1. The number of methoxy groups -OCH3 is 1. The number of hydrazine groups is 1. The molecule has 6 rings (SSSR count). The van der Waals surface area contributed by atoms with Crippen molar-refractivity contribution in [1.29, 1.82) is 0 Å². The molecule has 4 saturated heterocycles. The molecule has 2 aromatic rings. The van der Waals surface area contributed by atoms with Crippen LogP contribution >= 0.6 is 0 Å². The number of nitrogens with one attached hydrogen (secondary N) is 2. The van der Waals surface area contributed by atoms with Gasteiger partial charge in [-0.3, -0.25) is 19.4 Å². The molecule has 4 fully saturated rings. The van der Waals surface area contributed by atoms with E-state index in [1.807, 2.05) is 6.07 Å². The molecule has 0 bridgehead atoms. The third kappa shape index (κ3) is 6.63. The second-order valence-electron chi connectivity index (χ2n) is 12.2. The van der Waals surface area contributed by atoms with Crippen LogP contribution in [0.5, 0.6) is 5.75 Å². The number of carbonyl (C=O) groups excluding carboxylic acids is 1. The highest BCUT2D eigenvalue weighted by Gasteiger charge is 2.52. The fourth-order valence-corrected chi connectivity index (χ4v) is 7.21. The van der Waals surface area contributed by atoms with Gasteiger partial charge in [0.1, 0.15) is 34.7 Å². The number of nitrogens with two attached hydrogens (primary N) is 2. The van der Waals surface area contributed by atoms with Crippen LogP contribution in [-0.2, 0) is 9.63 Å². The molecule has 4 heterocycles. The molecule has 12 nitrogen and oxygen atoms in total. The second kappa shape index (κ2) is 13.9. The SMILES string of the molecule is C=CC(=O)Nc1cc(N=C(N)/C=C(\NN)N2OCC[C@@H]2c2cc(F)cc(F)c2)c(OC)cc1N1CCC(N2C[C@@H]3C2CN3CC)CC1. The maximum Gasteiger partial charge on any atom is 0.247 e. The molecule has 14 heteroatoms. The van der Waals surface area contributed by atoms with E-state index in [-0.39, 0.29) is 17.6 Å². The smallest absolute Gasteiger partial charge is 0.247 e. The molecule has 4 aliphatic rings. The predicted molar refractivity (Wildman–Crippen MR) is 177 cm³/mol. The van der Waals surface area contributed by atoms with E-state index in [0.717, 1.165) is 63.4 Å². The summed E-state index contributed by atoms with van der Waals surface area (Å²) in [7, 11) is 1.55. The van der Waals surface area contributed by atoms with Crippen LogP contribution < -0.4 is 32.0 Å². The molecular formula is C33H43F2N9O3. The first kappa shape index (κ1) is 32.7. The Morgan fingerprint density at radius 2 is 1.87 bits per heavy atom. The van der Waals surface area contributed by atoms with Crippen LogP contribution in [0.15, 0.2) is 59.9 Å². The summed E-state index contributed by atoms with van der Waals surface area (Å²) in [6, 6.07) is 8.35. The lowest BCUT2D eigenvalue weighted by Gasteiger charge is -2.64. The van der Waals surface area contributed by atoms with Crippen molar-refractivity contribution in [2.75, 3.05) is 56.7 Å². The Morgan fingerprint density at radius 3 is 2.49 bits per heavy atom. The number of likely N-dealkylation sites (N-methyl/N-ethyl adjacent to an activating group) is 1. The minimum atomic E-state index is -0.690. The Labute approximate surface area is 273 Å². The summed E-state index contributed by atoms with van der Waals surface area (Å²) >= 11 is 0. The minimum absolute atomic E-state index is 0.0379. The van der Waals surface area contributed by atoms with E-state index in [4.69, 9.17) is 21.2 Å². The number of anilines is 2. The molecule has 0 aromatic heterocycles. The summed E-state index contributed by atoms with van der Waals surface area (Å²) in [5.74, 6) is 4.82. The van der Waals surface area contributed by atoms with Crippen LogP contribution in [0.25, 0.3) is 0 Å². The van der Waals surface area contributed by atoms with Gasteiger partial charge in [0.05, 0.1) is 31.1 Å². The summed E-state index contributed by atoms with van der Waals surface area (Å²) in [6.07, 6.45) is 5.20. The zero-order chi connectivity index (χ0) is 33.2. The third-order valence-electron chi connectivity index (χ3n) is 9.67. The second-order valence-corrected chi connectivity index (χ2v) is 12.2. The number of likely N-dealkylation sites (tertiary alicyclic amines) is 2. The van der Waals surface area contributed by atoms with Crippen molar-refractivity contribution in [3.8, 4) is 5.75 Å². The van der Waals surface area contributed by atoms with E-state index in [0.29, 0.717) is 47.8 Å². The number of benzene rings is 2. The number of hydroxylamine groups is 2. The van der Waals surface area contributed by atoms with Gasteiger partial charge in [-0.25, -0.2) is 24.7 Å². The largest absolute Gasteiger partial charge is 0.494 e. The number of amidine groups is 1. The van der Waals surface area contributed by atoms with E-state index in [1.165, 1.54) is 29.3 Å². The maximum atomic E-state index is 14.0. The summed E-state index contributed by atoms with van der Waals surface area (Å²) in [5.41, 5.74) is 11.1. The Kier molecular flexibility index (Phi) is 9.64. The highest BCUT2D eigenvalue weighted by atomic mass is 19.1. The lowest BCUT2D eigenvalue weighted by atomic mass is 9.82. The Bertz CT molecular complexity index is 1540. The number of ether oxygens (including phenoxy) is 1. The number of nitrogens with zero attached hydrogens (tertiary/aromatic N) is 5. The molecule has 0 spiro atoms. The molecule has 6 N–H and O–H groups in total. The molecule has 1 unspecified atom stereocenters. The molecular weight excluding hydrogens is 608 g/mol. The van der Waals surface area contributed by atoms with Crippen molar-refractivity contribution >= 4 is 28.8 Å². The molecule has 2 aromatic carbocycles. The van der Waals surface area contributed by atoms with E-state index >= 15 is 0 Å². The normalized spacial score (nSPS) is 24.0. The summed E-state index contributed by atoms with van der Waals surface area (Å²) in [5, 5.41) is 4.34. The van der Waals surface area contributed by atoms with E-state index in [2.05, 4.69) is 43.9 Å². The first-order valence-electron chi connectivity index (χ1n) is 16.0. The minimum Gasteiger partial charge on any atom is -0.494 e. The van der Waals surface area contributed by atoms with Gasteiger partial charge in [-0.05, 0) is 49.2 Å².